The fourth-order valence-corrected chi connectivity index (χ4v) is 4.34. The second-order valence-electron chi connectivity index (χ2n) is 5.50. The van der Waals surface area contributed by atoms with Gasteiger partial charge in [0.05, 0.1) is 18.3 Å². The van der Waals surface area contributed by atoms with Gasteiger partial charge in [0, 0.05) is 21.1 Å². The van der Waals surface area contributed by atoms with Crippen LogP contribution >= 0.6 is 27.3 Å². The van der Waals surface area contributed by atoms with Crippen molar-refractivity contribution in [3.05, 3.63) is 27.5 Å². The maximum absolute atomic E-state index is 12.8. The minimum Gasteiger partial charge on any atom is -0.397 e. The monoisotopic (exact) mass is 368 g/mol. The van der Waals surface area contributed by atoms with E-state index in [0.717, 1.165) is 21.0 Å². The van der Waals surface area contributed by atoms with E-state index in [1.165, 1.54) is 11.3 Å². The number of hydrogen-bond acceptors (Lipinski definition) is 4. The summed E-state index contributed by atoms with van der Waals surface area (Å²) in [4.78, 5) is 15.1. The second kappa shape index (κ2) is 5.59. The van der Waals surface area contributed by atoms with E-state index in [0.29, 0.717) is 23.0 Å². The summed E-state index contributed by atoms with van der Waals surface area (Å²) in [5.41, 5.74) is 6.72. The molecular weight excluding hydrogens is 352 g/mol. The smallest absolute Gasteiger partial charge is 0.266 e. The van der Waals surface area contributed by atoms with Crippen molar-refractivity contribution >= 4 is 48.9 Å². The van der Waals surface area contributed by atoms with Crippen molar-refractivity contribution in [1.29, 1.82) is 0 Å². The average molecular weight is 369 g/mol. The highest BCUT2D eigenvalue weighted by atomic mass is 79.9. The highest BCUT2D eigenvalue weighted by Gasteiger charge is 2.35. The second-order valence-corrected chi connectivity index (χ2v) is 7.47. The van der Waals surface area contributed by atoms with Gasteiger partial charge in [-0.25, -0.2) is 0 Å². The molecule has 2 atom stereocenters. The lowest BCUT2D eigenvalue weighted by Gasteiger charge is -2.24. The number of benzene rings is 1. The number of rotatable bonds is 2. The molecule has 1 aliphatic rings. The van der Waals surface area contributed by atoms with Gasteiger partial charge < -0.3 is 15.7 Å². The molecule has 0 bridgehead atoms. The minimum atomic E-state index is -0.103. The number of nitrogens with two attached hydrogens (primary N) is 1. The maximum atomic E-state index is 12.8. The average Bonchev–Trinajstić information content (AvgIpc) is 2.99. The van der Waals surface area contributed by atoms with Gasteiger partial charge in [-0.3, -0.25) is 4.79 Å². The van der Waals surface area contributed by atoms with Crippen LogP contribution in [0.15, 0.2) is 22.7 Å². The Hall–Kier alpha value is -1.11. The molecule has 0 radical (unpaired) electrons. The van der Waals surface area contributed by atoms with E-state index in [4.69, 9.17) is 5.73 Å². The van der Waals surface area contributed by atoms with Gasteiger partial charge in [-0.05, 0) is 30.5 Å². The molecule has 1 aromatic heterocycles. The summed E-state index contributed by atoms with van der Waals surface area (Å²) in [5.74, 6) is 0.261. The molecule has 4 nitrogen and oxygen atoms in total. The van der Waals surface area contributed by atoms with Crippen molar-refractivity contribution in [2.45, 2.75) is 19.4 Å². The Morgan fingerprint density at radius 1 is 1.57 bits per heavy atom. The van der Waals surface area contributed by atoms with Crippen LogP contribution in [-0.4, -0.2) is 35.1 Å². The van der Waals surface area contributed by atoms with E-state index in [2.05, 4.69) is 22.9 Å². The molecule has 1 aromatic carbocycles. The first-order valence-corrected chi connectivity index (χ1v) is 8.53. The van der Waals surface area contributed by atoms with Gasteiger partial charge >= 0.3 is 0 Å². The number of halogens is 1. The molecule has 1 fully saturated rings. The van der Waals surface area contributed by atoms with Crippen LogP contribution in [0.4, 0.5) is 5.69 Å². The van der Waals surface area contributed by atoms with Gasteiger partial charge in [0.1, 0.15) is 4.88 Å². The molecule has 2 unspecified atom stereocenters. The predicted molar refractivity (Wildman–Crippen MR) is 89.6 cm³/mol. The van der Waals surface area contributed by atoms with Crippen LogP contribution in [0.1, 0.15) is 23.0 Å². The van der Waals surface area contributed by atoms with Crippen LogP contribution in [0.2, 0.25) is 0 Å². The van der Waals surface area contributed by atoms with Crippen LogP contribution in [0.5, 0.6) is 0 Å². The number of nitrogen functional groups attached to an aromatic ring is 1. The Bertz CT molecular complexity index is 700. The Balaban J connectivity index is 2.00. The topological polar surface area (TPSA) is 66.6 Å². The Morgan fingerprint density at radius 2 is 2.33 bits per heavy atom. The number of anilines is 1. The van der Waals surface area contributed by atoms with Gasteiger partial charge in [-0.2, -0.15) is 0 Å². The van der Waals surface area contributed by atoms with Gasteiger partial charge in [-0.15, -0.1) is 11.3 Å². The number of likely N-dealkylation sites (tertiary alicyclic amines) is 1. The lowest BCUT2D eigenvalue weighted by molar-refractivity contribution is 0.0654. The van der Waals surface area contributed by atoms with Crippen molar-refractivity contribution in [1.82, 2.24) is 4.90 Å². The van der Waals surface area contributed by atoms with Gasteiger partial charge in [0.2, 0.25) is 0 Å². The number of nitrogens with zero attached hydrogens (tertiary/aromatic N) is 1. The molecule has 2 heterocycles. The van der Waals surface area contributed by atoms with Crippen molar-refractivity contribution < 1.29 is 9.90 Å². The van der Waals surface area contributed by atoms with Crippen LogP contribution < -0.4 is 5.73 Å². The zero-order valence-electron chi connectivity index (χ0n) is 11.7. The maximum Gasteiger partial charge on any atom is 0.266 e. The lowest BCUT2D eigenvalue weighted by Crippen LogP contribution is -2.39. The summed E-state index contributed by atoms with van der Waals surface area (Å²) < 4.78 is 1.95. The highest BCUT2D eigenvalue weighted by Crippen LogP contribution is 2.37. The number of thiophene rings is 1. The number of carbonyl (C=O) groups excluding carboxylic acids is 1. The third kappa shape index (κ3) is 2.45. The predicted octanol–water partition coefficient (Wildman–Crippen LogP) is 3.09. The van der Waals surface area contributed by atoms with E-state index < -0.39 is 0 Å². The largest absolute Gasteiger partial charge is 0.397 e. The van der Waals surface area contributed by atoms with Crippen molar-refractivity contribution in [3.63, 3.8) is 0 Å². The molecule has 3 rings (SSSR count). The molecule has 1 amide bonds. The molecular formula is C15H17BrN2O2S. The summed E-state index contributed by atoms with van der Waals surface area (Å²) in [6.07, 6.45) is 0.924. The first kappa shape index (κ1) is 14.8. The number of aliphatic hydroxyl groups excluding tert-OH is 1. The summed E-state index contributed by atoms with van der Waals surface area (Å²) in [7, 11) is 0. The number of hydrogen-bond donors (Lipinski definition) is 2. The van der Waals surface area contributed by atoms with Crippen LogP contribution in [0.25, 0.3) is 10.1 Å². The summed E-state index contributed by atoms with van der Waals surface area (Å²) in [6, 6.07) is 5.75. The van der Waals surface area contributed by atoms with Gasteiger partial charge in [0.15, 0.2) is 0 Å². The molecule has 1 aliphatic heterocycles. The number of aliphatic hydroxyl groups is 1. The molecule has 1 saturated heterocycles. The minimum absolute atomic E-state index is 0.00323. The SMILES string of the molecule is CC1CCN(C(=O)c2sc3ccc(Br)cc3c2N)C1CO. The zero-order chi connectivity index (χ0) is 15.1. The van der Waals surface area contributed by atoms with Crippen LogP contribution in [0.3, 0.4) is 0 Å². The molecule has 2 aromatic rings. The Labute approximate surface area is 135 Å². The molecule has 6 heteroatoms. The molecule has 3 N–H and O–H groups in total. The van der Waals surface area contributed by atoms with E-state index in [1.54, 1.807) is 4.90 Å². The van der Waals surface area contributed by atoms with Gasteiger partial charge in [0.25, 0.3) is 5.91 Å². The standard InChI is InChI=1S/C15H17BrN2O2S/c1-8-4-5-18(11(8)7-19)15(20)14-13(17)10-6-9(16)2-3-12(10)21-14/h2-3,6,8,11,19H,4-5,7,17H2,1H3. The first-order chi connectivity index (χ1) is 10.0. The van der Waals surface area contributed by atoms with Crippen molar-refractivity contribution in [2.75, 3.05) is 18.9 Å². The molecule has 0 aliphatic carbocycles. The van der Waals surface area contributed by atoms with Crippen molar-refractivity contribution in [3.8, 4) is 0 Å². The first-order valence-electron chi connectivity index (χ1n) is 6.92. The van der Waals surface area contributed by atoms with E-state index >= 15 is 0 Å². The molecule has 0 spiro atoms. The fourth-order valence-electron chi connectivity index (χ4n) is 2.92. The van der Waals surface area contributed by atoms with E-state index in [-0.39, 0.29) is 18.6 Å². The zero-order valence-corrected chi connectivity index (χ0v) is 14.1. The van der Waals surface area contributed by atoms with E-state index in [1.807, 2.05) is 18.2 Å². The summed E-state index contributed by atoms with van der Waals surface area (Å²) in [6.45, 7) is 2.76. The van der Waals surface area contributed by atoms with Crippen LogP contribution in [0, 0.1) is 5.92 Å². The number of amides is 1. The quantitative estimate of drug-likeness (QED) is 0.855. The van der Waals surface area contributed by atoms with E-state index in [9.17, 15) is 9.90 Å². The van der Waals surface area contributed by atoms with Crippen molar-refractivity contribution in [2.24, 2.45) is 5.92 Å². The lowest BCUT2D eigenvalue weighted by atomic mass is 10.0. The summed E-state index contributed by atoms with van der Waals surface area (Å²) in [5, 5.41) is 10.4. The Morgan fingerprint density at radius 3 is 3.05 bits per heavy atom. The van der Waals surface area contributed by atoms with Gasteiger partial charge in [-0.1, -0.05) is 22.9 Å². The van der Waals surface area contributed by atoms with Crippen LogP contribution in [-0.2, 0) is 0 Å². The number of carbonyl (C=O) groups is 1. The highest BCUT2D eigenvalue weighted by molar-refractivity contribution is 9.10. The third-order valence-corrected chi connectivity index (χ3v) is 5.88. The fraction of sp³-hybridized carbons (Fsp3) is 0.400. The molecule has 0 saturated carbocycles. The number of fused-ring (bicyclic) bond motifs is 1. The molecule has 21 heavy (non-hydrogen) atoms. The normalized spacial score (nSPS) is 22.1. The summed E-state index contributed by atoms with van der Waals surface area (Å²) >= 11 is 4.85. The third-order valence-electron chi connectivity index (χ3n) is 4.21. The molecule has 112 valence electrons. The Kier molecular flexibility index (Phi) is 3.94.